The van der Waals surface area contributed by atoms with Crippen LogP contribution in [0.4, 0.5) is 38.3 Å². The number of fused-ring (bicyclic) bond motifs is 2. The van der Waals surface area contributed by atoms with Gasteiger partial charge < -0.3 is 10.1 Å². The number of alkyl halides is 2. The van der Waals surface area contributed by atoms with Crippen molar-refractivity contribution in [1.29, 1.82) is 5.26 Å². The smallest absolute Gasteiger partial charge is 0.310 e. The molecule has 234 valence electrons. The number of amides is 2. The first-order valence-corrected chi connectivity index (χ1v) is 15.0. The first-order chi connectivity index (χ1) is 19.8. The number of hydrogen-bond acceptors (Lipinski definition) is 6. The molecule has 3 heterocycles. The van der Waals surface area contributed by atoms with Gasteiger partial charge in [0.2, 0.25) is 11.8 Å². The number of likely N-dealkylation sites (tertiary alicyclic amines) is 1. The minimum atomic E-state index is -10.1. The number of nitrogens with one attached hydrogen (secondary N) is 1. The Bertz CT molecular complexity index is 1480. The summed E-state index contributed by atoms with van der Waals surface area (Å²) in [5.74, 6) is -5.91. The van der Waals surface area contributed by atoms with E-state index in [-0.39, 0.29) is 50.1 Å². The molecule has 2 bridgehead atoms. The van der Waals surface area contributed by atoms with Gasteiger partial charge in [-0.15, -0.1) is 0 Å². The fourth-order valence-electron chi connectivity index (χ4n) is 5.77. The number of nitriles is 1. The van der Waals surface area contributed by atoms with Crippen molar-refractivity contribution in [3.8, 4) is 6.19 Å². The lowest BCUT2D eigenvalue weighted by Crippen LogP contribution is -2.60. The van der Waals surface area contributed by atoms with E-state index in [4.69, 9.17) is 4.74 Å². The van der Waals surface area contributed by atoms with Crippen LogP contribution >= 0.6 is 10.2 Å². The molecule has 3 aliphatic rings. The van der Waals surface area contributed by atoms with E-state index in [0.29, 0.717) is 17.0 Å². The topological polar surface area (TPSA) is 98.6 Å². The Morgan fingerprint density at radius 2 is 1.77 bits per heavy atom. The van der Waals surface area contributed by atoms with E-state index in [1.807, 2.05) is 6.19 Å². The van der Waals surface area contributed by atoms with Gasteiger partial charge >= 0.3 is 10.2 Å². The maximum atomic E-state index is 14.4. The first-order valence-electron chi connectivity index (χ1n) is 13.1. The molecule has 3 fully saturated rings. The second-order valence-corrected chi connectivity index (χ2v) is 13.4. The van der Waals surface area contributed by atoms with Crippen LogP contribution in [0, 0.1) is 17.3 Å². The molecule has 1 aromatic heterocycles. The van der Waals surface area contributed by atoms with Crippen molar-refractivity contribution in [2.45, 2.75) is 66.6 Å². The first kappa shape index (κ1) is 30.8. The normalized spacial score (nSPS) is 25.7. The molecule has 3 atom stereocenters. The van der Waals surface area contributed by atoms with Crippen molar-refractivity contribution < 1.29 is 46.9 Å². The second kappa shape index (κ2) is 9.68. The monoisotopic (exact) mass is 639 g/mol. The van der Waals surface area contributed by atoms with E-state index < -0.39 is 80.9 Å². The minimum Gasteiger partial charge on any atom is -0.373 e. The summed E-state index contributed by atoms with van der Waals surface area (Å²) in [5, 5.41) is 12.3. The zero-order chi connectivity index (χ0) is 31.5. The lowest BCUT2D eigenvalue weighted by Gasteiger charge is -2.42. The fourth-order valence-corrected chi connectivity index (χ4v) is 6.42. The van der Waals surface area contributed by atoms with Gasteiger partial charge in [-0.05, 0) is 43.2 Å². The van der Waals surface area contributed by atoms with E-state index in [2.05, 4.69) is 10.3 Å². The van der Waals surface area contributed by atoms with Crippen molar-refractivity contribution in [2.24, 2.45) is 0 Å². The molecule has 2 unspecified atom stereocenters. The van der Waals surface area contributed by atoms with Crippen LogP contribution < -0.4 is 10.2 Å². The Balaban J connectivity index is 1.62. The van der Waals surface area contributed by atoms with Crippen molar-refractivity contribution in [1.82, 2.24) is 15.2 Å². The molecule has 17 heteroatoms. The maximum Gasteiger partial charge on any atom is 0.310 e. The zero-order valence-corrected chi connectivity index (χ0v) is 23.0. The Kier molecular flexibility index (Phi) is 6.93. The van der Waals surface area contributed by atoms with Crippen LogP contribution in [0.3, 0.4) is 0 Å². The molecule has 1 aliphatic carbocycles. The molecule has 1 saturated carbocycles. The minimum absolute atomic E-state index is 0.00605. The van der Waals surface area contributed by atoms with E-state index in [9.17, 15) is 47.5 Å². The summed E-state index contributed by atoms with van der Waals surface area (Å²) in [7, 11) is -10.1. The lowest BCUT2D eigenvalue weighted by molar-refractivity contribution is -0.134. The van der Waals surface area contributed by atoms with Crippen LogP contribution in [0.1, 0.15) is 43.7 Å². The van der Waals surface area contributed by atoms with Crippen LogP contribution in [-0.4, -0.2) is 58.5 Å². The van der Waals surface area contributed by atoms with Crippen LogP contribution in [-0.2, 0) is 14.3 Å². The zero-order valence-electron chi connectivity index (χ0n) is 22.2. The molecular weight excluding hydrogens is 614 g/mol. The molecule has 0 radical (unpaired) electrons. The fraction of sp³-hybridized carbons (Fsp3) is 0.462. The van der Waals surface area contributed by atoms with Crippen LogP contribution in [0.25, 0.3) is 0 Å². The van der Waals surface area contributed by atoms with Gasteiger partial charge in [-0.25, -0.2) is 13.2 Å². The average Bonchev–Trinajstić information content (AvgIpc) is 3.51. The number of rotatable bonds is 7. The molecule has 0 spiro atoms. The predicted octanol–water partition coefficient (Wildman–Crippen LogP) is 5.97. The predicted molar refractivity (Wildman–Crippen MR) is 137 cm³/mol. The third kappa shape index (κ3) is 6.07. The molecule has 43 heavy (non-hydrogen) atoms. The van der Waals surface area contributed by atoms with E-state index >= 15 is 0 Å². The number of nitrogens with zero attached hydrogens (tertiary/aromatic N) is 4. The third-order valence-electron chi connectivity index (χ3n) is 7.94. The number of benzene rings is 1. The summed E-state index contributed by atoms with van der Waals surface area (Å²) in [6.45, 7) is -0.342. The summed E-state index contributed by atoms with van der Waals surface area (Å²) in [6, 6.07) is -0.563. The summed E-state index contributed by atoms with van der Waals surface area (Å²) in [4.78, 5) is 31.5. The lowest BCUT2D eigenvalue weighted by atomic mass is 9.91. The molecule has 1 N–H and O–H groups in total. The number of aromatic nitrogens is 1. The number of carbonyl (C=O) groups excluding carboxylic acids is 2. The highest BCUT2D eigenvalue weighted by Crippen LogP contribution is 3.02. The number of hydrogen-bond donors (Lipinski definition) is 1. The molecule has 2 amide bonds. The SMILES string of the molecule is N#CN1CC2C[C@@]1(C(=O)N(c1ccc(S(F)(F)(F)(F)F)cc1)C(C(=O)NC1CCC(F)(F)CC1)c1cncc(F)c1)CO2. The highest BCUT2D eigenvalue weighted by Gasteiger charge is 2.65. The van der Waals surface area contributed by atoms with Gasteiger partial charge in [-0.2, -0.15) is 5.26 Å². The number of ether oxygens (including phenoxy) is 1. The molecule has 5 rings (SSSR count). The number of anilines is 1. The van der Waals surface area contributed by atoms with E-state index in [1.165, 1.54) is 0 Å². The van der Waals surface area contributed by atoms with Gasteiger partial charge in [-0.1, -0.05) is 19.4 Å². The largest absolute Gasteiger partial charge is 0.373 e. The number of pyridine rings is 1. The Morgan fingerprint density at radius 3 is 2.33 bits per heavy atom. The van der Waals surface area contributed by atoms with Crippen molar-refractivity contribution in [2.75, 3.05) is 18.1 Å². The number of morpholine rings is 1. The van der Waals surface area contributed by atoms with Crippen LogP contribution in [0.15, 0.2) is 47.6 Å². The van der Waals surface area contributed by atoms with Gasteiger partial charge in [0.1, 0.15) is 16.8 Å². The average molecular weight is 640 g/mol. The summed E-state index contributed by atoms with van der Waals surface area (Å²) in [6.07, 6.45) is 1.73. The van der Waals surface area contributed by atoms with Gasteiger partial charge in [0, 0.05) is 42.8 Å². The quantitative estimate of drug-likeness (QED) is 0.296. The molecule has 8 nitrogen and oxygen atoms in total. The maximum absolute atomic E-state index is 14.4. The molecule has 1 aromatic carbocycles. The summed E-state index contributed by atoms with van der Waals surface area (Å²) in [5.41, 5.74) is -2.43. The van der Waals surface area contributed by atoms with Crippen molar-refractivity contribution in [3.05, 3.63) is 54.1 Å². The molecule has 2 aliphatic heterocycles. The van der Waals surface area contributed by atoms with E-state index in [1.54, 1.807) is 0 Å². The van der Waals surface area contributed by atoms with Crippen molar-refractivity contribution in [3.63, 3.8) is 0 Å². The highest BCUT2D eigenvalue weighted by molar-refractivity contribution is 8.45. The Hall–Kier alpha value is -3.65. The number of carbonyl (C=O) groups is 2. The molecular formula is C26H25F8N5O3S. The van der Waals surface area contributed by atoms with Gasteiger partial charge in [0.15, 0.2) is 11.7 Å². The third-order valence-corrected chi connectivity index (χ3v) is 9.10. The van der Waals surface area contributed by atoms with Gasteiger partial charge in [0.25, 0.3) is 5.91 Å². The second-order valence-electron chi connectivity index (χ2n) is 11.0. The summed E-state index contributed by atoms with van der Waals surface area (Å²) >= 11 is 0. The standard InChI is InChI=1S/C26H25F8N5O3S/c27-17-9-16(11-36-12-17)22(23(40)37-18-5-7-26(28,29)8-6-18)39(19-1-3-21(4-2-19)43(30,31,32,33)34)24(41)25-10-20(42-14-25)13-38(25)15-35/h1-4,9,11-12,18,20,22H,5-8,10,13-14H2,(H,37,40)/t20?,22?,25-/m0/s1. The highest BCUT2D eigenvalue weighted by atomic mass is 32.5. The summed E-state index contributed by atoms with van der Waals surface area (Å²) < 4.78 is 115. The van der Waals surface area contributed by atoms with E-state index in [0.717, 1.165) is 23.4 Å². The Labute approximate surface area is 240 Å². The molecule has 2 saturated heterocycles. The van der Waals surface area contributed by atoms with Gasteiger partial charge in [0.05, 0.1) is 25.5 Å². The number of halogens is 8. The molecule has 2 aromatic rings. The Morgan fingerprint density at radius 1 is 1.12 bits per heavy atom. The van der Waals surface area contributed by atoms with Gasteiger partial charge in [-0.3, -0.25) is 24.4 Å². The van der Waals surface area contributed by atoms with Crippen LogP contribution in [0.5, 0.6) is 0 Å². The van der Waals surface area contributed by atoms with Crippen molar-refractivity contribution >= 4 is 27.7 Å². The van der Waals surface area contributed by atoms with Crippen LogP contribution in [0.2, 0.25) is 0 Å².